The first-order valence-corrected chi connectivity index (χ1v) is 10.1. The standard InChI is InChI=1S/C20H36O6/c1-16(2)10-8-6-4-5-7-9-15-24-20(22)26-18-13-11-17(12-14-18)25-19(21)23-3/h16-18H,4-15H2,1-3H3. The van der Waals surface area contributed by atoms with Crippen LogP contribution < -0.4 is 0 Å². The average molecular weight is 373 g/mol. The maximum Gasteiger partial charge on any atom is 0.508 e. The second kappa shape index (κ2) is 13.7. The minimum Gasteiger partial charge on any atom is -0.438 e. The van der Waals surface area contributed by atoms with Crippen molar-refractivity contribution in [2.45, 2.75) is 96.7 Å². The van der Waals surface area contributed by atoms with Crippen LogP contribution in [0.3, 0.4) is 0 Å². The van der Waals surface area contributed by atoms with Crippen LogP contribution in [0.15, 0.2) is 0 Å². The third-order valence-electron chi connectivity index (χ3n) is 4.71. The first kappa shape index (κ1) is 22.6. The Morgan fingerprint density at radius 3 is 1.85 bits per heavy atom. The van der Waals surface area contributed by atoms with Gasteiger partial charge < -0.3 is 18.9 Å². The second-order valence-electron chi connectivity index (χ2n) is 7.49. The van der Waals surface area contributed by atoms with Crippen LogP contribution in [0.5, 0.6) is 0 Å². The van der Waals surface area contributed by atoms with Gasteiger partial charge in [-0.25, -0.2) is 9.59 Å². The molecule has 1 aliphatic carbocycles. The highest BCUT2D eigenvalue weighted by Crippen LogP contribution is 2.24. The largest absolute Gasteiger partial charge is 0.508 e. The van der Waals surface area contributed by atoms with E-state index in [1.165, 1.54) is 39.2 Å². The van der Waals surface area contributed by atoms with Gasteiger partial charge in [0.2, 0.25) is 0 Å². The number of carbonyl (C=O) groups is 2. The van der Waals surface area contributed by atoms with Gasteiger partial charge >= 0.3 is 12.3 Å². The van der Waals surface area contributed by atoms with E-state index in [1.54, 1.807) is 0 Å². The molecule has 0 aromatic rings. The van der Waals surface area contributed by atoms with E-state index in [9.17, 15) is 9.59 Å². The number of carbonyl (C=O) groups excluding carboxylic acids is 2. The molecule has 0 heterocycles. The summed E-state index contributed by atoms with van der Waals surface area (Å²) in [6.07, 6.45) is 9.49. The Labute approximate surface area is 157 Å². The van der Waals surface area contributed by atoms with Gasteiger partial charge in [-0.15, -0.1) is 0 Å². The quantitative estimate of drug-likeness (QED) is 0.346. The van der Waals surface area contributed by atoms with Crippen LogP contribution in [0.25, 0.3) is 0 Å². The van der Waals surface area contributed by atoms with Gasteiger partial charge in [0.25, 0.3) is 0 Å². The number of ether oxygens (including phenoxy) is 4. The molecule has 6 nitrogen and oxygen atoms in total. The monoisotopic (exact) mass is 372 g/mol. The molecule has 0 radical (unpaired) electrons. The molecule has 0 unspecified atom stereocenters. The third kappa shape index (κ3) is 11.2. The summed E-state index contributed by atoms with van der Waals surface area (Å²) in [5, 5.41) is 0. The molecule has 0 saturated heterocycles. The lowest BCUT2D eigenvalue weighted by Gasteiger charge is -2.27. The van der Waals surface area contributed by atoms with E-state index in [1.807, 2.05) is 0 Å². The normalized spacial score (nSPS) is 19.8. The second-order valence-corrected chi connectivity index (χ2v) is 7.49. The summed E-state index contributed by atoms with van der Waals surface area (Å²) in [4.78, 5) is 22.8. The van der Waals surface area contributed by atoms with Gasteiger partial charge in [-0.3, -0.25) is 0 Å². The van der Waals surface area contributed by atoms with Crippen LogP contribution in [0.2, 0.25) is 0 Å². The Hall–Kier alpha value is -1.46. The summed E-state index contributed by atoms with van der Waals surface area (Å²) < 4.78 is 20.0. The van der Waals surface area contributed by atoms with Crippen molar-refractivity contribution in [2.75, 3.05) is 13.7 Å². The summed E-state index contributed by atoms with van der Waals surface area (Å²) in [7, 11) is 1.29. The van der Waals surface area contributed by atoms with Gasteiger partial charge in [0, 0.05) is 0 Å². The summed E-state index contributed by atoms with van der Waals surface area (Å²) in [5.74, 6) is 0.796. The summed E-state index contributed by atoms with van der Waals surface area (Å²) in [5.41, 5.74) is 0. The van der Waals surface area contributed by atoms with E-state index in [0.29, 0.717) is 32.3 Å². The van der Waals surface area contributed by atoms with E-state index < -0.39 is 12.3 Å². The van der Waals surface area contributed by atoms with E-state index in [0.717, 1.165) is 18.8 Å². The molecule has 0 atom stereocenters. The number of unbranched alkanes of at least 4 members (excludes halogenated alkanes) is 5. The number of methoxy groups -OCH3 is 1. The summed E-state index contributed by atoms with van der Waals surface area (Å²) in [6.45, 7) is 4.95. The first-order chi connectivity index (χ1) is 12.5. The molecule has 0 amide bonds. The Kier molecular flexibility index (Phi) is 11.9. The van der Waals surface area contributed by atoms with Crippen molar-refractivity contribution in [2.24, 2.45) is 5.92 Å². The highest BCUT2D eigenvalue weighted by Gasteiger charge is 2.26. The van der Waals surface area contributed by atoms with Gasteiger partial charge in [0.1, 0.15) is 12.2 Å². The average Bonchev–Trinajstić information content (AvgIpc) is 2.61. The SMILES string of the molecule is COC(=O)OC1CCC(OC(=O)OCCCCCCCCC(C)C)CC1. The minimum atomic E-state index is -0.659. The predicted molar refractivity (Wildman–Crippen MR) is 99.1 cm³/mol. The van der Waals surface area contributed by atoms with Crippen molar-refractivity contribution >= 4 is 12.3 Å². The maximum atomic E-state index is 11.7. The fraction of sp³-hybridized carbons (Fsp3) is 0.900. The van der Waals surface area contributed by atoms with Crippen molar-refractivity contribution in [1.29, 1.82) is 0 Å². The number of rotatable bonds is 11. The van der Waals surface area contributed by atoms with Crippen molar-refractivity contribution in [3.05, 3.63) is 0 Å². The maximum absolute atomic E-state index is 11.7. The molecule has 1 aliphatic rings. The predicted octanol–water partition coefficient (Wildman–Crippen LogP) is 5.62. The Morgan fingerprint density at radius 1 is 0.808 bits per heavy atom. The van der Waals surface area contributed by atoms with Crippen molar-refractivity contribution < 1.29 is 28.5 Å². The van der Waals surface area contributed by atoms with Crippen LogP contribution in [0.4, 0.5) is 9.59 Å². The zero-order valence-electron chi connectivity index (χ0n) is 16.7. The molecule has 0 spiro atoms. The van der Waals surface area contributed by atoms with Crippen LogP contribution in [-0.2, 0) is 18.9 Å². The fourth-order valence-corrected chi connectivity index (χ4v) is 3.14. The molecule has 1 rings (SSSR count). The fourth-order valence-electron chi connectivity index (χ4n) is 3.14. The highest BCUT2D eigenvalue weighted by molar-refractivity contribution is 5.60. The van der Waals surface area contributed by atoms with E-state index in [-0.39, 0.29) is 12.2 Å². The van der Waals surface area contributed by atoms with Crippen molar-refractivity contribution in [1.82, 2.24) is 0 Å². The molecule has 0 bridgehead atoms. The molecule has 6 heteroatoms. The minimum absolute atomic E-state index is 0.152. The summed E-state index contributed by atoms with van der Waals surface area (Å²) in [6, 6.07) is 0. The van der Waals surface area contributed by atoms with Gasteiger partial charge in [-0.2, -0.15) is 0 Å². The molecule has 0 aromatic heterocycles. The smallest absolute Gasteiger partial charge is 0.438 e. The molecule has 152 valence electrons. The zero-order valence-corrected chi connectivity index (χ0v) is 16.7. The van der Waals surface area contributed by atoms with Crippen LogP contribution in [0.1, 0.15) is 84.5 Å². The molecule has 0 aromatic carbocycles. The Bertz CT molecular complexity index is 388. The lowest BCUT2D eigenvalue weighted by Crippen LogP contribution is -2.30. The first-order valence-electron chi connectivity index (χ1n) is 10.1. The molecule has 26 heavy (non-hydrogen) atoms. The molecular formula is C20H36O6. The van der Waals surface area contributed by atoms with Crippen LogP contribution in [0, 0.1) is 5.92 Å². The molecule has 1 saturated carbocycles. The molecule has 1 fully saturated rings. The number of hydrogen-bond donors (Lipinski definition) is 0. The van der Waals surface area contributed by atoms with E-state index >= 15 is 0 Å². The highest BCUT2D eigenvalue weighted by atomic mass is 16.7. The Balaban J connectivity index is 1.95. The lowest BCUT2D eigenvalue weighted by atomic mass is 9.95. The van der Waals surface area contributed by atoms with Gasteiger partial charge in [0.15, 0.2) is 0 Å². The zero-order chi connectivity index (χ0) is 19.2. The van der Waals surface area contributed by atoms with Crippen LogP contribution >= 0.6 is 0 Å². The van der Waals surface area contributed by atoms with Gasteiger partial charge in [0.05, 0.1) is 13.7 Å². The van der Waals surface area contributed by atoms with Crippen molar-refractivity contribution in [3.63, 3.8) is 0 Å². The molecular weight excluding hydrogens is 336 g/mol. The summed E-state index contributed by atoms with van der Waals surface area (Å²) >= 11 is 0. The molecule has 0 aliphatic heterocycles. The van der Waals surface area contributed by atoms with Crippen molar-refractivity contribution in [3.8, 4) is 0 Å². The van der Waals surface area contributed by atoms with Gasteiger partial charge in [-0.1, -0.05) is 52.4 Å². The third-order valence-corrected chi connectivity index (χ3v) is 4.71. The Morgan fingerprint density at radius 2 is 1.31 bits per heavy atom. The van der Waals surface area contributed by atoms with E-state index in [4.69, 9.17) is 14.2 Å². The van der Waals surface area contributed by atoms with E-state index in [2.05, 4.69) is 18.6 Å². The topological polar surface area (TPSA) is 71.1 Å². The number of hydrogen-bond acceptors (Lipinski definition) is 6. The van der Waals surface area contributed by atoms with Gasteiger partial charge in [-0.05, 0) is 38.0 Å². The van der Waals surface area contributed by atoms with Crippen LogP contribution in [-0.4, -0.2) is 38.2 Å². The lowest BCUT2D eigenvalue weighted by molar-refractivity contribution is -0.0230. The molecule has 0 N–H and O–H groups in total.